The van der Waals surface area contributed by atoms with E-state index in [9.17, 15) is 9.36 Å². The van der Waals surface area contributed by atoms with Gasteiger partial charge >= 0.3 is 0 Å². The molecule has 3 aromatic rings. The largest absolute Gasteiger partial charge is 0.317 e. The third-order valence-corrected chi connectivity index (χ3v) is 7.94. The molecular weight excluding hydrogens is 412 g/mol. The number of halogens is 2. The van der Waals surface area contributed by atoms with Crippen LogP contribution in [0.1, 0.15) is 15.9 Å². The van der Waals surface area contributed by atoms with Gasteiger partial charge in [0.2, 0.25) is 0 Å². The van der Waals surface area contributed by atoms with E-state index in [-0.39, 0.29) is 9.93 Å². The lowest BCUT2D eigenvalue weighted by molar-refractivity contribution is 0.0968. The average Bonchev–Trinajstić information content (AvgIpc) is 2.73. The van der Waals surface area contributed by atoms with Gasteiger partial charge in [-0.25, -0.2) is 0 Å². The maximum Gasteiger partial charge on any atom is 0.255 e. The van der Waals surface area contributed by atoms with Crippen molar-refractivity contribution < 1.29 is 9.36 Å². The van der Waals surface area contributed by atoms with Crippen LogP contribution in [0.15, 0.2) is 94.9 Å². The Kier molecular flexibility index (Phi) is 6.41. The molecule has 3 nitrogen and oxygen atoms in total. The molecule has 0 fully saturated rings. The molecule has 28 heavy (non-hydrogen) atoms. The summed E-state index contributed by atoms with van der Waals surface area (Å²) < 4.78 is 14.1. The van der Waals surface area contributed by atoms with E-state index in [1.54, 1.807) is 60.7 Å². The standard InChI is InChI=1S/C22H18Cl2NO2P/c1-16-12-14-17(15-13-16)21(26)25-22(20(23)24)28(27,18-8-4-2-5-9-18)19-10-6-3-7-11-19/h2-15H,1H3,(H,25,26). The van der Waals surface area contributed by atoms with E-state index in [1.807, 2.05) is 31.2 Å². The highest BCUT2D eigenvalue weighted by molar-refractivity contribution is 7.82. The van der Waals surface area contributed by atoms with Crippen molar-refractivity contribution in [3.05, 3.63) is 106 Å². The van der Waals surface area contributed by atoms with Gasteiger partial charge in [-0.3, -0.25) is 4.79 Å². The summed E-state index contributed by atoms with van der Waals surface area (Å²) in [6.45, 7) is 1.93. The van der Waals surface area contributed by atoms with Gasteiger partial charge in [-0.2, -0.15) is 0 Å². The topological polar surface area (TPSA) is 46.2 Å². The van der Waals surface area contributed by atoms with Crippen molar-refractivity contribution in [1.82, 2.24) is 5.32 Å². The van der Waals surface area contributed by atoms with Gasteiger partial charge in [-0.15, -0.1) is 0 Å². The lowest BCUT2D eigenvalue weighted by Gasteiger charge is -2.23. The molecule has 0 unspecified atom stereocenters. The minimum absolute atomic E-state index is 0.00110. The van der Waals surface area contributed by atoms with E-state index in [4.69, 9.17) is 23.2 Å². The van der Waals surface area contributed by atoms with Crippen molar-refractivity contribution in [1.29, 1.82) is 0 Å². The number of rotatable bonds is 5. The second kappa shape index (κ2) is 8.79. The summed E-state index contributed by atoms with van der Waals surface area (Å²) in [4.78, 5) is 12.8. The van der Waals surface area contributed by atoms with Crippen molar-refractivity contribution in [3.8, 4) is 0 Å². The summed E-state index contributed by atoms with van der Waals surface area (Å²) in [5.41, 5.74) is 1.45. The first-order valence-corrected chi connectivity index (χ1v) is 11.0. The first kappa shape index (κ1) is 20.4. The van der Waals surface area contributed by atoms with Crippen molar-refractivity contribution in [2.45, 2.75) is 6.92 Å². The maximum atomic E-state index is 14.3. The summed E-state index contributed by atoms with van der Waals surface area (Å²) >= 11 is 12.3. The predicted octanol–water partition coefficient (Wildman–Crippen LogP) is 5.34. The first-order valence-electron chi connectivity index (χ1n) is 8.58. The minimum atomic E-state index is -3.49. The van der Waals surface area contributed by atoms with Crippen LogP contribution in [0.4, 0.5) is 0 Å². The van der Waals surface area contributed by atoms with Gasteiger partial charge < -0.3 is 9.88 Å². The fourth-order valence-corrected chi connectivity index (χ4v) is 6.12. The van der Waals surface area contributed by atoms with Gasteiger partial charge in [0.15, 0.2) is 7.14 Å². The molecule has 1 amide bonds. The number of hydrogen-bond acceptors (Lipinski definition) is 2. The fraction of sp³-hybridized carbons (Fsp3) is 0.0455. The van der Waals surface area contributed by atoms with Crippen LogP contribution in [0.3, 0.4) is 0 Å². The van der Waals surface area contributed by atoms with Gasteiger partial charge in [0.05, 0.1) is 0 Å². The summed E-state index contributed by atoms with van der Waals surface area (Å²) in [6, 6.07) is 24.8. The number of benzene rings is 3. The predicted molar refractivity (Wildman–Crippen MR) is 117 cm³/mol. The van der Waals surface area contributed by atoms with Gasteiger partial charge in [0.1, 0.15) is 9.93 Å². The Labute approximate surface area is 174 Å². The van der Waals surface area contributed by atoms with Crippen molar-refractivity contribution in [2.75, 3.05) is 0 Å². The molecule has 6 heteroatoms. The van der Waals surface area contributed by atoms with Crippen molar-refractivity contribution >= 4 is 46.9 Å². The van der Waals surface area contributed by atoms with Crippen LogP contribution >= 0.6 is 30.3 Å². The molecule has 3 rings (SSSR count). The smallest absolute Gasteiger partial charge is 0.255 e. The van der Waals surface area contributed by atoms with Gasteiger partial charge in [0.25, 0.3) is 5.91 Å². The van der Waals surface area contributed by atoms with E-state index in [0.29, 0.717) is 16.2 Å². The quantitative estimate of drug-likeness (QED) is 0.556. The summed E-state index contributed by atoms with van der Waals surface area (Å²) in [5, 5.41) is 3.76. The van der Waals surface area contributed by atoms with E-state index in [0.717, 1.165) is 5.56 Å². The highest BCUT2D eigenvalue weighted by atomic mass is 35.5. The Morgan fingerprint density at radius 1 is 0.786 bits per heavy atom. The molecule has 0 atom stereocenters. The number of carbonyl (C=O) groups excluding carboxylic acids is 1. The normalized spacial score (nSPS) is 11.0. The van der Waals surface area contributed by atoms with Gasteiger partial charge in [0, 0.05) is 16.2 Å². The number of carbonyl (C=O) groups is 1. The number of nitrogens with one attached hydrogen (secondary N) is 1. The Morgan fingerprint density at radius 3 is 1.68 bits per heavy atom. The van der Waals surface area contributed by atoms with Gasteiger partial charge in [-0.05, 0) is 19.1 Å². The highest BCUT2D eigenvalue weighted by Crippen LogP contribution is 2.52. The number of hydrogen-bond donors (Lipinski definition) is 1. The number of amides is 1. The number of aryl methyl sites for hydroxylation is 1. The zero-order valence-corrected chi connectivity index (χ0v) is 17.5. The third kappa shape index (κ3) is 4.23. The van der Waals surface area contributed by atoms with Gasteiger partial charge in [-0.1, -0.05) is 102 Å². The summed E-state index contributed by atoms with van der Waals surface area (Å²) in [5.74, 6) is -0.430. The van der Waals surface area contributed by atoms with E-state index in [2.05, 4.69) is 5.32 Å². The van der Waals surface area contributed by atoms with Crippen molar-refractivity contribution in [3.63, 3.8) is 0 Å². The lowest BCUT2D eigenvalue weighted by Crippen LogP contribution is -2.29. The van der Waals surface area contributed by atoms with Crippen LogP contribution in [0, 0.1) is 6.92 Å². The van der Waals surface area contributed by atoms with Crippen LogP contribution in [0.5, 0.6) is 0 Å². The van der Waals surface area contributed by atoms with Crippen LogP contribution in [0.25, 0.3) is 0 Å². The molecule has 0 saturated carbocycles. The SMILES string of the molecule is Cc1ccc(C(=O)NC(=C(Cl)Cl)P(=O)(c2ccccc2)c2ccccc2)cc1. The van der Waals surface area contributed by atoms with Crippen LogP contribution in [-0.4, -0.2) is 5.91 Å². The molecule has 0 heterocycles. The maximum absolute atomic E-state index is 14.3. The fourth-order valence-electron chi connectivity index (χ4n) is 2.81. The molecule has 0 aliphatic heterocycles. The molecule has 3 aromatic carbocycles. The van der Waals surface area contributed by atoms with Crippen LogP contribution in [0.2, 0.25) is 0 Å². The molecule has 1 N–H and O–H groups in total. The molecule has 0 bridgehead atoms. The molecule has 0 aliphatic rings. The highest BCUT2D eigenvalue weighted by Gasteiger charge is 2.35. The lowest BCUT2D eigenvalue weighted by atomic mass is 10.1. The minimum Gasteiger partial charge on any atom is -0.317 e. The first-order chi connectivity index (χ1) is 13.4. The molecule has 0 saturated heterocycles. The van der Waals surface area contributed by atoms with E-state index < -0.39 is 13.0 Å². The molecule has 0 aromatic heterocycles. The molecular formula is C22H18Cl2NO2P. The molecule has 142 valence electrons. The average molecular weight is 430 g/mol. The second-order valence-electron chi connectivity index (χ2n) is 6.21. The third-order valence-electron chi connectivity index (χ3n) is 4.28. The van der Waals surface area contributed by atoms with Crippen LogP contribution in [-0.2, 0) is 4.57 Å². The Morgan fingerprint density at radius 2 is 1.25 bits per heavy atom. The van der Waals surface area contributed by atoms with Crippen LogP contribution < -0.4 is 15.9 Å². The summed E-state index contributed by atoms with van der Waals surface area (Å²) in [7, 11) is -3.49. The molecule has 0 aliphatic carbocycles. The monoisotopic (exact) mass is 429 g/mol. The Bertz CT molecular complexity index is 1000. The summed E-state index contributed by atoms with van der Waals surface area (Å²) in [6.07, 6.45) is 0. The van der Waals surface area contributed by atoms with E-state index in [1.165, 1.54) is 0 Å². The Balaban J connectivity index is 2.11. The zero-order valence-electron chi connectivity index (χ0n) is 15.1. The van der Waals surface area contributed by atoms with Crippen molar-refractivity contribution in [2.24, 2.45) is 0 Å². The Hall–Kier alpha value is -2.32. The molecule has 0 spiro atoms. The zero-order chi connectivity index (χ0) is 20.1. The van der Waals surface area contributed by atoms with E-state index >= 15 is 0 Å². The molecule has 0 radical (unpaired) electrons. The second-order valence-corrected chi connectivity index (χ2v) is 9.86.